The molecule has 0 saturated carbocycles. The van der Waals surface area contributed by atoms with Gasteiger partial charge in [0.1, 0.15) is 0 Å². The van der Waals surface area contributed by atoms with Crippen LogP contribution in [0.25, 0.3) is 0 Å². The van der Waals surface area contributed by atoms with Crippen LogP contribution in [0.3, 0.4) is 0 Å². The second kappa shape index (κ2) is 7.34. The van der Waals surface area contributed by atoms with E-state index in [4.69, 9.17) is 11.6 Å². The van der Waals surface area contributed by atoms with Crippen molar-refractivity contribution in [1.82, 2.24) is 5.32 Å². The first-order valence-electron chi connectivity index (χ1n) is 6.25. The summed E-state index contributed by atoms with van der Waals surface area (Å²) >= 11 is 6.03. The standard InChI is InChI=1S/C13H19ClN2O2/c1-3-6-10(4-2)15-9-11-12(14)7-5-8-13(11)16(17)18/h5,7-8,10,15H,3-4,6,9H2,1-2H3. The first-order chi connectivity index (χ1) is 8.60. The summed E-state index contributed by atoms with van der Waals surface area (Å²) in [5.74, 6) is 0. The van der Waals surface area contributed by atoms with Crippen molar-refractivity contribution < 1.29 is 4.92 Å². The van der Waals surface area contributed by atoms with E-state index in [9.17, 15) is 10.1 Å². The summed E-state index contributed by atoms with van der Waals surface area (Å²) in [6.45, 7) is 4.67. The highest BCUT2D eigenvalue weighted by atomic mass is 35.5. The molecule has 1 atom stereocenters. The molecule has 0 heterocycles. The van der Waals surface area contributed by atoms with Gasteiger partial charge in [-0.1, -0.05) is 37.9 Å². The zero-order chi connectivity index (χ0) is 13.5. The van der Waals surface area contributed by atoms with Crippen molar-refractivity contribution in [2.24, 2.45) is 0 Å². The molecular weight excluding hydrogens is 252 g/mol. The Morgan fingerprint density at radius 1 is 1.44 bits per heavy atom. The van der Waals surface area contributed by atoms with Crippen molar-refractivity contribution in [3.8, 4) is 0 Å². The zero-order valence-corrected chi connectivity index (χ0v) is 11.5. The molecule has 100 valence electrons. The third-order valence-corrected chi connectivity index (χ3v) is 3.34. The number of hydrogen-bond donors (Lipinski definition) is 1. The maximum Gasteiger partial charge on any atom is 0.275 e. The van der Waals surface area contributed by atoms with E-state index in [2.05, 4.69) is 19.2 Å². The molecule has 1 N–H and O–H groups in total. The largest absolute Gasteiger partial charge is 0.310 e. The molecule has 0 fully saturated rings. The lowest BCUT2D eigenvalue weighted by Crippen LogP contribution is -2.28. The summed E-state index contributed by atoms with van der Waals surface area (Å²) in [6.07, 6.45) is 3.16. The molecule has 1 aromatic carbocycles. The van der Waals surface area contributed by atoms with Crippen molar-refractivity contribution in [2.45, 2.75) is 45.7 Å². The highest BCUT2D eigenvalue weighted by molar-refractivity contribution is 6.31. The van der Waals surface area contributed by atoms with E-state index >= 15 is 0 Å². The summed E-state index contributed by atoms with van der Waals surface area (Å²) in [5.41, 5.74) is 0.653. The van der Waals surface area contributed by atoms with Gasteiger partial charge in [-0.05, 0) is 18.9 Å². The van der Waals surface area contributed by atoms with Gasteiger partial charge in [0.25, 0.3) is 5.69 Å². The van der Waals surface area contributed by atoms with Gasteiger partial charge in [0, 0.05) is 18.7 Å². The molecule has 4 nitrogen and oxygen atoms in total. The number of halogens is 1. The normalized spacial score (nSPS) is 12.4. The van der Waals surface area contributed by atoms with E-state index in [1.807, 2.05) is 0 Å². The van der Waals surface area contributed by atoms with Crippen molar-refractivity contribution in [1.29, 1.82) is 0 Å². The summed E-state index contributed by atoms with van der Waals surface area (Å²) < 4.78 is 0. The first-order valence-corrected chi connectivity index (χ1v) is 6.63. The SMILES string of the molecule is CCCC(CC)NCc1c(Cl)cccc1[N+](=O)[O-]. The highest BCUT2D eigenvalue weighted by Gasteiger charge is 2.17. The maximum absolute atomic E-state index is 10.9. The van der Waals surface area contributed by atoms with Crippen LogP contribution in [0, 0.1) is 10.1 Å². The molecule has 0 aromatic heterocycles. The zero-order valence-electron chi connectivity index (χ0n) is 10.8. The third kappa shape index (κ3) is 3.96. The molecule has 0 radical (unpaired) electrons. The molecule has 1 rings (SSSR count). The van der Waals surface area contributed by atoms with Crippen LogP contribution >= 0.6 is 11.6 Å². The van der Waals surface area contributed by atoms with Gasteiger partial charge in [-0.15, -0.1) is 0 Å². The van der Waals surface area contributed by atoms with Crippen molar-refractivity contribution in [3.63, 3.8) is 0 Å². The number of nitrogens with zero attached hydrogens (tertiary/aromatic N) is 1. The Morgan fingerprint density at radius 3 is 2.72 bits per heavy atom. The van der Waals surface area contributed by atoms with E-state index in [1.54, 1.807) is 12.1 Å². The third-order valence-electron chi connectivity index (χ3n) is 2.99. The van der Waals surface area contributed by atoms with Crippen LogP contribution in [0.15, 0.2) is 18.2 Å². The highest BCUT2D eigenvalue weighted by Crippen LogP contribution is 2.26. The Labute approximate surface area is 112 Å². The molecule has 5 heteroatoms. The molecule has 0 aliphatic rings. The topological polar surface area (TPSA) is 55.2 Å². The molecule has 0 amide bonds. The molecule has 0 spiro atoms. The van der Waals surface area contributed by atoms with Crippen LogP contribution in [0.5, 0.6) is 0 Å². The lowest BCUT2D eigenvalue weighted by Gasteiger charge is -2.16. The minimum atomic E-state index is -0.385. The van der Waals surface area contributed by atoms with Crippen molar-refractivity contribution in [2.75, 3.05) is 0 Å². The monoisotopic (exact) mass is 270 g/mol. The molecule has 0 saturated heterocycles. The average molecular weight is 271 g/mol. The molecule has 1 unspecified atom stereocenters. The summed E-state index contributed by atoms with van der Waals surface area (Å²) in [6, 6.07) is 5.16. The number of hydrogen-bond acceptors (Lipinski definition) is 3. The Morgan fingerprint density at radius 2 is 2.17 bits per heavy atom. The number of benzene rings is 1. The van der Waals surface area contributed by atoms with Gasteiger partial charge in [0.05, 0.1) is 15.5 Å². The van der Waals surface area contributed by atoms with E-state index in [-0.39, 0.29) is 10.6 Å². The lowest BCUT2D eigenvalue weighted by molar-refractivity contribution is -0.385. The van der Waals surface area contributed by atoms with Crippen molar-refractivity contribution in [3.05, 3.63) is 38.9 Å². The van der Waals surface area contributed by atoms with Gasteiger partial charge >= 0.3 is 0 Å². The number of rotatable bonds is 7. The fraction of sp³-hybridized carbons (Fsp3) is 0.538. The van der Waals surface area contributed by atoms with Crippen LogP contribution in [-0.2, 0) is 6.54 Å². The Bertz CT molecular complexity index is 410. The number of nitro benzene ring substituents is 1. The molecule has 1 aromatic rings. The smallest absolute Gasteiger partial charge is 0.275 e. The first kappa shape index (κ1) is 14.9. The Kier molecular flexibility index (Phi) is 6.09. The molecular formula is C13H19ClN2O2. The fourth-order valence-corrected chi connectivity index (χ4v) is 2.18. The van der Waals surface area contributed by atoms with Crippen LogP contribution in [-0.4, -0.2) is 11.0 Å². The molecule has 0 aliphatic heterocycles. The van der Waals surface area contributed by atoms with Crippen LogP contribution in [0.4, 0.5) is 5.69 Å². The fourth-order valence-electron chi connectivity index (χ4n) is 1.94. The van der Waals surface area contributed by atoms with Gasteiger partial charge in [-0.2, -0.15) is 0 Å². The minimum absolute atomic E-state index is 0.0846. The van der Waals surface area contributed by atoms with E-state index in [1.165, 1.54) is 6.07 Å². The van der Waals surface area contributed by atoms with E-state index in [0.717, 1.165) is 19.3 Å². The number of nitro groups is 1. The van der Waals surface area contributed by atoms with Gasteiger partial charge in [0.2, 0.25) is 0 Å². The predicted octanol–water partition coefficient (Wildman–Crippen LogP) is 3.92. The Balaban J connectivity index is 2.80. The van der Waals surface area contributed by atoms with Crippen LogP contribution in [0.1, 0.15) is 38.7 Å². The second-order valence-corrected chi connectivity index (χ2v) is 4.68. The van der Waals surface area contributed by atoms with E-state index < -0.39 is 0 Å². The predicted molar refractivity (Wildman–Crippen MR) is 73.9 cm³/mol. The molecule has 0 bridgehead atoms. The lowest BCUT2D eigenvalue weighted by atomic mass is 10.1. The molecule has 18 heavy (non-hydrogen) atoms. The quantitative estimate of drug-likeness (QED) is 0.603. The van der Waals surface area contributed by atoms with Crippen molar-refractivity contribution >= 4 is 17.3 Å². The summed E-state index contributed by atoms with van der Waals surface area (Å²) in [7, 11) is 0. The minimum Gasteiger partial charge on any atom is -0.310 e. The van der Waals surface area contributed by atoms with Crippen LogP contribution < -0.4 is 5.32 Å². The van der Waals surface area contributed by atoms with Gasteiger partial charge < -0.3 is 5.32 Å². The van der Waals surface area contributed by atoms with Crippen LogP contribution in [0.2, 0.25) is 5.02 Å². The summed E-state index contributed by atoms with van der Waals surface area (Å²) in [5, 5.41) is 14.7. The van der Waals surface area contributed by atoms with Gasteiger partial charge in [-0.25, -0.2) is 0 Å². The number of nitrogens with one attached hydrogen (secondary N) is 1. The summed E-state index contributed by atoms with van der Waals surface area (Å²) in [4.78, 5) is 10.5. The molecule has 0 aliphatic carbocycles. The Hall–Kier alpha value is -1.13. The maximum atomic E-state index is 10.9. The van der Waals surface area contributed by atoms with Gasteiger partial charge in [0.15, 0.2) is 0 Å². The average Bonchev–Trinajstić information content (AvgIpc) is 2.35. The van der Waals surface area contributed by atoms with E-state index in [0.29, 0.717) is 23.2 Å². The second-order valence-electron chi connectivity index (χ2n) is 4.27. The van der Waals surface area contributed by atoms with Gasteiger partial charge in [-0.3, -0.25) is 10.1 Å².